The third kappa shape index (κ3) is 3.28. The number of hydrogen-bond acceptors (Lipinski definition) is 5. The largest absolute Gasteiger partial charge is 0.373 e. The van der Waals surface area contributed by atoms with Gasteiger partial charge in [-0.3, -0.25) is 0 Å². The molecular formula is C11H21N3O2. The highest BCUT2D eigenvalue weighted by atomic mass is 16.5. The zero-order valence-corrected chi connectivity index (χ0v) is 10.3. The minimum absolute atomic E-state index is 0.0624. The van der Waals surface area contributed by atoms with Gasteiger partial charge >= 0.3 is 0 Å². The van der Waals surface area contributed by atoms with E-state index >= 15 is 0 Å². The van der Waals surface area contributed by atoms with Crippen molar-refractivity contribution in [3.05, 3.63) is 11.7 Å². The van der Waals surface area contributed by atoms with E-state index < -0.39 is 0 Å². The molecule has 2 N–H and O–H groups in total. The van der Waals surface area contributed by atoms with E-state index in [1.165, 1.54) is 0 Å². The van der Waals surface area contributed by atoms with E-state index in [0.717, 1.165) is 19.3 Å². The molecule has 0 radical (unpaired) electrons. The van der Waals surface area contributed by atoms with Gasteiger partial charge in [-0.05, 0) is 19.4 Å². The summed E-state index contributed by atoms with van der Waals surface area (Å²) in [7, 11) is 1.67. The Hall–Kier alpha value is -0.940. The van der Waals surface area contributed by atoms with Gasteiger partial charge in [0.1, 0.15) is 6.10 Å². The van der Waals surface area contributed by atoms with Crippen LogP contribution in [-0.2, 0) is 4.74 Å². The Labute approximate surface area is 96.4 Å². The van der Waals surface area contributed by atoms with Crippen molar-refractivity contribution in [2.75, 3.05) is 13.7 Å². The molecule has 0 saturated heterocycles. The summed E-state index contributed by atoms with van der Waals surface area (Å²) >= 11 is 0. The second-order valence-electron chi connectivity index (χ2n) is 3.98. The molecular weight excluding hydrogens is 206 g/mol. The summed E-state index contributed by atoms with van der Waals surface area (Å²) in [6.07, 6.45) is 2.72. The predicted octanol–water partition coefficient (Wildman–Crippen LogP) is 2.01. The van der Waals surface area contributed by atoms with Gasteiger partial charge in [-0.25, -0.2) is 0 Å². The zero-order chi connectivity index (χ0) is 12.0. The van der Waals surface area contributed by atoms with Crippen molar-refractivity contribution >= 4 is 0 Å². The molecule has 0 aliphatic heterocycles. The summed E-state index contributed by atoms with van der Waals surface area (Å²) in [5.41, 5.74) is 5.49. The second kappa shape index (κ2) is 6.60. The van der Waals surface area contributed by atoms with Crippen molar-refractivity contribution in [3.63, 3.8) is 0 Å². The van der Waals surface area contributed by atoms with Crippen molar-refractivity contribution in [2.45, 2.75) is 45.1 Å². The fraction of sp³-hybridized carbons (Fsp3) is 0.818. The van der Waals surface area contributed by atoms with Crippen LogP contribution >= 0.6 is 0 Å². The lowest BCUT2D eigenvalue weighted by molar-refractivity contribution is 0.0854. The van der Waals surface area contributed by atoms with Crippen molar-refractivity contribution in [2.24, 2.45) is 5.73 Å². The molecule has 1 rings (SSSR count). The molecule has 5 heteroatoms. The van der Waals surface area contributed by atoms with Crippen LogP contribution in [0.5, 0.6) is 0 Å². The quantitative estimate of drug-likeness (QED) is 0.771. The third-order valence-electron chi connectivity index (χ3n) is 2.60. The molecule has 5 nitrogen and oxygen atoms in total. The summed E-state index contributed by atoms with van der Waals surface area (Å²) in [5.74, 6) is 1.51. The van der Waals surface area contributed by atoms with Crippen LogP contribution in [0.15, 0.2) is 4.52 Å². The van der Waals surface area contributed by atoms with Gasteiger partial charge in [-0.2, -0.15) is 4.98 Å². The van der Waals surface area contributed by atoms with Crippen molar-refractivity contribution in [1.29, 1.82) is 0 Å². The maximum atomic E-state index is 5.49. The number of methoxy groups -OCH3 is 1. The van der Waals surface area contributed by atoms with Crippen LogP contribution in [0, 0.1) is 0 Å². The first-order chi connectivity index (χ1) is 7.72. The molecule has 0 aliphatic carbocycles. The lowest BCUT2D eigenvalue weighted by Gasteiger charge is -2.08. The molecule has 0 saturated carbocycles. The number of ether oxygens (including phenoxy) is 1. The summed E-state index contributed by atoms with van der Waals surface area (Å²) in [6, 6.07) is 0. The van der Waals surface area contributed by atoms with E-state index in [4.69, 9.17) is 15.0 Å². The van der Waals surface area contributed by atoms with Gasteiger partial charge in [0.2, 0.25) is 11.7 Å². The molecule has 1 aromatic rings. The van der Waals surface area contributed by atoms with Crippen LogP contribution in [0.1, 0.15) is 56.8 Å². The maximum Gasteiger partial charge on any atom is 0.229 e. The number of nitrogens with zero attached hydrogens (tertiary/aromatic N) is 2. The van der Waals surface area contributed by atoms with Crippen molar-refractivity contribution in [3.8, 4) is 0 Å². The lowest BCUT2D eigenvalue weighted by atomic mass is 10.1. The van der Waals surface area contributed by atoms with Gasteiger partial charge < -0.3 is 15.0 Å². The van der Waals surface area contributed by atoms with E-state index in [-0.39, 0.29) is 12.0 Å². The first kappa shape index (κ1) is 13.1. The van der Waals surface area contributed by atoms with Crippen LogP contribution < -0.4 is 5.73 Å². The van der Waals surface area contributed by atoms with E-state index in [2.05, 4.69) is 17.1 Å². The molecule has 0 fully saturated rings. The Kier molecular flexibility index (Phi) is 5.42. The second-order valence-corrected chi connectivity index (χ2v) is 3.98. The average Bonchev–Trinajstić information content (AvgIpc) is 2.75. The normalized spacial score (nSPS) is 15.0. The zero-order valence-electron chi connectivity index (χ0n) is 10.3. The van der Waals surface area contributed by atoms with E-state index in [0.29, 0.717) is 18.3 Å². The molecule has 1 aromatic heterocycles. The molecule has 1 heterocycles. The minimum Gasteiger partial charge on any atom is -0.373 e. The first-order valence-electron chi connectivity index (χ1n) is 5.79. The number of hydrogen-bond donors (Lipinski definition) is 1. The van der Waals surface area contributed by atoms with Gasteiger partial charge in [0.05, 0.1) is 0 Å². The fourth-order valence-corrected chi connectivity index (χ4v) is 1.57. The molecule has 0 bridgehead atoms. The molecule has 2 unspecified atom stereocenters. The topological polar surface area (TPSA) is 74.2 Å². The van der Waals surface area contributed by atoms with E-state index in [1.54, 1.807) is 7.11 Å². The minimum atomic E-state index is -0.0624. The first-order valence-corrected chi connectivity index (χ1v) is 5.79. The molecule has 16 heavy (non-hydrogen) atoms. The monoisotopic (exact) mass is 227 g/mol. The van der Waals surface area contributed by atoms with E-state index in [1.807, 2.05) is 6.92 Å². The molecule has 0 aliphatic rings. The Morgan fingerprint density at radius 3 is 2.75 bits per heavy atom. The highest BCUT2D eigenvalue weighted by molar-refractivity contribution is 4.95. The van der Waals surface area contributed by atoms with E-state index in [9.17, 15) is 0 Å². The molecule has 0 spiro atoms. The van der Waals surface area contributed by atoms with Crippen molar-refractivity contribution < 1.29 is 9.26 Å². The molecule has 0 amide bonds. The summed E-state index contributed by atoms with van der Waals surface area (Å²) < 4.78 is 10.5. The van der Waals surface area contributed by atoms with Gasteiger partial charge in [-0.1, -0.05) is 25.4 Å². The van der Waals surface area contributed by atoms with Gasteiger partial charge in [0.25, 0.3) is 0 Å². The summed E-state index contributed by atoms with van der Waals surface area (Å²) in [5, 5.41) is 3.96. The molecule has 2 atom stereocenters. The Morgan fingerprint density at radius 2 is 2.19 bits per heavy atom. The Bertz CT molecular complexity index is 301. The highest BCUT2D eigenvalue weighted by Crippen LogP contribution is 2.22. The predicted molar refractivity (Wildman–Crippen MR) is 61.0 cm³/mol. The van der Waals surface area contributed by atoms with Crippen LogP contribution in [0.3, 0.4) is 0 Å². The Balaban J connectivity index is 2.68. The van der Waals surface area contributed by atoms with Crippen LogP contribution in [-0.4, -0.2) is 23.8 Å². The fourth-order valence-electron chi connectivity index (χ4n) is 1.57. The van der Waals surface area contributed by atoms with Crippen molar-refractivity contribution in [1.82, 2.24) is 10.1 Å². The van der Waals surface area contributed by atoms with Gasteiger partial charge in [-0.15, -0.1) is 0 Å². The van der Waals surface area contributed by atoms with Gasteiger partial charge in [0, 0.05) is 13.0 Å². The average molecular weight is 227 g/mol. The highest BCUT2D eigenvalue weighted by Gasteiger charge is 2.19. The SMILES string of the molecule is CCCC(OC)c1noc(C(C)CCN)n1. The van der Waals surface area contributed by atoms with Crippen LogP contribution in [0.4, 0.5) is 0 Å². The third-order valence-corrected chi connectivity index (χ3v) is 2.60. The summed E-state index contributed by atoms with van der Waals surface area (Å²) in [6.45, 7) is 4.76. The smallest absolute Gasteiger partial charge is 0.229 e. The standard InChI is InChI=1S/C11H21N3O2/c1-4-5-9(15-3)10-13-11(16-14-10)8(2)6-7-12/h8-9H,4-7,12H2,1-3H3. The number of rotatable bonds is 7. The molecule has 92 valence electrons. The summed E-state index contributed by atoms with van der Waals surface area (Å²) in [4.78, 5) is 4.36. The molecule has 0 aromatic carbocycles. The van der Waals surface area contributed by atoms with Gasteiger partial charge in [0.15, 0.2) is 0 Å². The maximum absolute atomic E-state index is 5.49. The number of nitrogens with two attached hydrogens (primary N) is 1. The van der Waals surface area contributed by atoms with Crippen LogP contribution in [0.2, 0.25) is 0 Å². The lowest BCUT2D eigenvalue weighted by Crippen LogP contribution is -2.06. The number of aromatic nitrogens is 2. The van der Waals surface area contributed by atoms with Crippen LogP contribution in [0.25, 0.3) is 0 Å². The Morgan fingerprint density at radius 1 is 1.44 bits per heavy atom.